The van der Waals surface area contributed by atoms with Crippen LogP contribution in [-0.2, 0) is 6.54 Å². The van der Waals surface area contributed by atoms with E-state index in [9.17, 15) is 4.79 Å². The molecule has 30 heavy (non-hydrogen) atoms. The summed E-state index contributed by atoms with van der Waals surface area (Å²) >= 11 is 0. The van der Waals surface area contributed by atoms with Gasteiger partial charge >= 0.3 is 6.03 Å². The van der Waals surface area contributed by atoms with Gasteiger partial charge in [0.2, 0.25) is 0 Å². The summed E-state index contributed by atoms with van der Waals surface area (Å²) in [7, 11) is 1.66. The summed E-state index contributed by atoms with van der Waals surface area (Å²) in [5.41, 5.74) is 5.08. The van der Waals surface area contributed by atoms with Crippen molar-refractivity contribution in [2.45, 2.75) is 13.5 Å². The van der Waals surface area contributed by atoms with Gasteiger partial charge in [-0.1, -0.05) is 42.0 Å². The van der Waals surface area contributed by atoms with Crippen LogP contribution in [0.2, 0.25) is 0 Å². The molecule has 4 rings (SSSR count). The second-order valence-corrected chi connectivity index (χ2v) is 7.10. The van der Waals surface area contributed by atoms with Crippen molar-refractivity contribution in [2.24, 2.45) is 0 Å². The first-order valence-electron chi connectivity index (χ1n) is 9.75. The third kappa shape index (κ3) is 4.25. The number of anilines is 1. The van der Waals surface area contributed by atoms with Gasteiger partial charge in [0, 0.05) is 30.0 Å². The number of carbonyl (C=O) groups is 1. The summed E-state index contributed by atoms with van der Waals surface area (Å²) in [4.78, 5) is 16.6. The summed E-state index contributed by atoms with van der Waals surface area (Å²) in [5, 5.41) is 7.88. The van der Waals surface area contributed by atoms with Crippen LogP contribution >= 0.6 is 0 Å². The fourth-order valence-electron chi connectivity index (χ4n) is 3.43. The van der Waals surface area contributed by atoms with Gasteiger partial charge in [0.25, 0.3) is 0 Å². The van der Waals surface area contributed by atoms with Gasteiger partial charge in [0.15, 0.2) is 0 Å². The van der Waals surface area contributed by atoms with E-state index in [0.29, 0.717) is 6.54 Å². The molecule has 3 aromatic carbocycles. The average molecular weight is 397 g/mol. The van der Waals surface area contributed by atoms with Crippen molar-refractivity contribution in [2.75, 3.05) is 12.4 Å². The molecule has 1 aromatic heterocycles. The van der Waals surface area contributed by atoms with Crippen molar-refractivity contribution >= 4 is 22.5 Å². The lowest BCUT2D eigenvalue weighted by molar-refractivity contribution is 0.252. The van der Waals surface area contributed by atoms with Crippen LogP contribution in [0.15, 0.2) is 79.1 Å². The zero-order valence-electron chi connectivity index (χ0n) is 17.0. The van der Waals surface area contributed by atoms with Crippen LogP contribution in [0.1, 0.15) is 11.1 Å². The maximum atomic E-state index is 12.3. The number of nitrogens with zero attached hydrogens (tertiary/aromatic N) is 1. The Morgan fingerprint density at radius 3 is 2.63 bits per heavy atom. The summed E-state index contributed by atoms with van der Waals surface area (Å²) in [6, 6.07) is 21.5. The number of pyridine rings is 1. The number of benzene rings is 3. The Bertz CT molecular complexity index is 1190. The predicted molar refractivity (Wildman–Crippen MR) is 121 cm³/mol. The van der Waals surface area contributed by atoms with Crippen LogP contribution in [0.3, 0.4) is 0 Å². The number of amides is 2. The minimum absolute atomic E-state index is 0.243. The first-order chi connectivity index (χ1) is 14.6. The minimum Gasteiger partial charge on any atom is -0.497 e. The van der Waals surface area contributed by atoms with Gasteiger partial charge in [-0.25, -0.2) is 4.79 Å². The molecule has 0 fully saturated rings. The van der Waals surface area contributed by atoms with Crippen molar-refractivity contribution in [1.82, 2.24) is 10.3 Å². The molecule has 0 atom stereocenters. The number of hydrogen-bond acceptors (Lipinski definition) is 3. The second-order valence-electron chi connectivity index (χ2n) is 7.10. The molecule has 1 heterocycles. The summed E-state index contributed by atoms with van der Waals surface area (Å²) in [6.07, 6.45) is 3.63. The first kappa shape index (κ1) is 19.5. The highest BCUT2D eigenvalue weighted by Crippen LogP contribution is 2.32. The number of carbonyl (C=O) groups excluding carboxylic acids is 1. The molecule has 150 valence electrons. The molecule has 0 unspecified atom stereocenters. The van der Waals surface area contributed by atoms with Gasteiger partial charge in [-0.3, -0.25) is 4.98 Å². The number of nitrogens with one attached hydrogen (secondary N) is 2. The summed E-state index contributed by atoms with van der Waals surface area (Å²) in [6.45, 7) is 2.41. The number of aromatic nitrogens is 1. The van der Waals surface area contributed by atoms with Gasteiger partial charge in [-0.05, 0) is 59.3 Å². The standard InChI is InChI=1S/C25H23N3O2/c1-17-6-9-20(10-7-17)28-25(29)27-15-19-8-11-22(23-12-13-26-16-24(19)23)18-4-3-5-21(14-18)30-2/h3-14,16H,15H2,1-2H3,(H2,27,28,29). The Labute approximate surface area is 175 Å². The number of methoxy groups -OCH3 is 1. The molecule has 0 aliphatic heterocycles. The average Bonchev–Trinajstić information content (AvgIpc) is 2.79. The van der Waals surface area contributed by atoms with Gasteiger partial charge < -0.3 is 15.4 Å². The van der Waals surface area contributed by atoms with Crippen LogP contribution in [0.25, 0.3) is 21.9 Å². The highest BCUT2D eigenvalue weighted by molar-refractivity contribution is 5.98. The summed E-state index contributed by atoms with van der Waals surface area (Å²) < 4.78 is 5.37. The van der Waals surface area contributed by atoms with Crippen LogP contribution in [0.4, 0.5) is 10.5 Å². The number of ether oxygens (including phenoxy) is 1. The third-order valence-electron chi connectivity index (χ3n) is 5.04. The molecule has 0 aliphatic rings. The smallest absolute Gasteiger partial charge is 0.319 e. The van der Waals surface area contributed by atoms with E-state index in [0.717, 1.165) is 44.5 Å². The molecule has 0 spiro atoms. The quantitative estimate of drug-likeness (QED) is 0.465. The largest absolute Gasteiger partial charge is 0.497 e. The van der Waals surface area contributed by atoms with Crippen molar-refractivity contribution in [1.29, 1.82) is 0 Å². The van der Waals surface area contributed by atoms with E-state index in [1.165, 1.54) is 0 Å². The molecule has 2 amide bonds. The number of urea groups is 1. The number of rotatable bonds is 5. The van der Waals surface area contributed by atoms with E-state index in [-0.39, 0.29) is 6.03 Å². The summed E-state index contributed by atoms with van der Waals surface area (Å²) in [5.74, 6) is 0.813. The van der Waals surface area contributed by atoms with E-state index < -0.39 is 0 Å². The zero-order chi connectivity index (χ0) is 20.9. The molecule has 4 aromatic rings. The van der Waals surface area contributed by atoms with Crippen molar-refractivity contribution in [3.05, 3.63) is 90.3 Å². The van der Waals surface area contributed by atoms with E-state index in [2.05, 4.69) is 27.8 Å². The lowest BCUT2D eigenvalue weighted by Gasteiger charge is -2.13. The zero-order valence-corrected chi connectivity index (χ0v) is 17.0. The SMILES string of the molecule is COc1cccc(-c2ccc(CNC(=O)Nc3ccc(C)cc3)c3cnccc23)c1. The Kier molecular flexibility index (Phi) is 5.61. The molecule has 0 saturated heterocycles. The van der Waals surface area contributed by atoms with Gasteiger partial charge in [-0.15, -0.1) is 0 Å². The number of fused-ring (bicyclic) bond motifs is 1. The predicted octanol–water partition coefficient (Wildman–Crippen LogP) is 5.54. The fourth-order valence-corrected chi connectivity index (χ4v) is 3.43. The van der Waals surface area contributed by atoms with Crippen LogP contribution in [0, 0.1) is 6.92 Å². The molecular formula is C25H23N3O2. The topological polar surface area (TPSA) is 63.2 Å². The highest BCUT2D eigenvalue weighted by Gasteiger charge is 2.10. The Hall–Kier alpha value is -3.86. The number of aryl methyl sites for hydroxylation is 1. The number of hydrogen-bond donors (Lipinski definition) is 2. The molecular weight excluding hydrogens is 374 g/mol. The Morgan fingerprint density at radius 2 is 1.83 bits per heavy atom. The molecule has 2 N–H and O–H groups in total. The van der Waals surface area contributed by atoms with Gasteiger partial charge in [-0.2, -0.15) is 0 Å². The van der Waals surface area contributed by atoms with E-state index in [1.54, 1.807) is 13.3 Å². The molecule has 0 bridgehead atoms. The molecule has 5 nitrogen and oxygen atoms in total. The molecule has 5 heteroatoms. The van der Waals surface area contributed by atoms with E-state index in [1.807, 2.05) is 67.7 Å². The first-order valence-corrected chi connectivity index (χ1v) is 9.75. The normalized spacial score (nSPS) is 10.6. The minimum atomic E-state index is -0.243. The second kappa shape index (κ2) is 8.66. The Balaban J connectivity index is 1.56. The third-order valence-corrected chi connectivity index (χ3v) is 5.04. The lowest BCUT2D eigenvalue weighted by atomic mass is 9.96. The maximum absolute atomic E-state index is 12.3. The van der Waals surface area contributed by atoms with Crippen LogP contribution in [0.5, 0.6) is 5.75 Å². The van der Waals surface area contributed by atoms with Crippen molar-refractivity contribution in [3.63, 3.8) is 0 Å². The molecule has 0 aliphatic carbocycles. The van der Waals surface area contributed by atoms with Crippen molar-refractivity contribution in [3.8, 4) is 16.9 Å². The monoisotopic (exact) mass is 397 g/mol. The van der Waals surface area contributed by atoms with Crippen LogP contribution < -0.4 is 15.4 Å². The van der Waals surface area contributed by atoms with E-state index >= 15 is 0 Å². The lowest BCUT2D eigenvalue weighted by Crippen LogP contribution is -2.28. The Morgan fingerprint density at radius 1 is 1.00 bits per heavy atom. The van der Waals surface area contributed by atoms with Crippen molar-refractivity contribution < 1.29 is 9.53 Å². The van der Waals surface area contributed by atoms with Gasteiger partial charge in [0.05, 0.1) is 7.11 Å². The van der Waals surface area contributed by atoms with Gasteiger partial charge in [0.1, 0.15) is 5.75 Å². The highest BCUT2D eigenvalue weighted by atomic mass is 16.5. The van der Waals surface area contributed by atoms with E-state index in [4.69, 9.17) is 4.74 Å². The molecule has 0 radical (unpaired) electrons. The fraction of sp³-hybridized carbons (Fsp3) is 0.120. The van der Waals surface area contributed by atoms with Crippen LogP contribution in [-0.4, -0.2) is 18.1 Å². The maximum Gasteiger partial charge on any atom is 0.319 e. The molecule has 0 saturated carbocycles.